The number of carboxylic acids is 1. The topological polar surface area (TPSA) is 84.2 Å². The second-order valence-corrected chi connectivity index (χ2v) is 4.69. The molecule has 0 aliphatic heterocycles. The minimum Gasteiger partial charge on any atom is -0.480 e. The predicted molar refractivity (Wildman–Crippen MR) is 69.9 cm³/mol. The van der Waals surface area contributed by atoms with Gasteiger partial charge in [0.1, 0.15) is 6.04 Å². The second kappa shape index (κ2) is 6.44. The summed E-state index contributed by atoms with van der Waals surface area (Å²) in [5, 5.41) is 15.5. The number of nitrogens with one attached hydrogen (secondary N) is 1. The van der Waals surface area contributed by atoms with Gasteiger partial charge in [-0.25, -0.2) is 4.79 Å². The molecule has 1 aromatic rings. The van der Waals surface area contributed by atoms with Crippen LogP contribution in [0.1, 0.15) is 23.0 Å². The molecular formula is C11H17N3O3S. The zero-order valence-corrected chi connectivity index (χ0v) is 11.5. The van der Waals surface area contributed by atoms with Crippen LogP contribution in [0.2, 0.25) is 0 Å². The minimum absolute atomic E-state index is 0.335. The van der Waals surface area contributed by atoms with E-state index in [0.717, 1.165) is 5.69 Å². The first-order valence-electron chi connectivity index (χ1n) is 5.56. The Morgan fingerprint density at radius 2 is 2.28 bits per heavy atom. The molecule has 6 nitrogen and oxygen atoms in total. The summed E-state index contributed by atoms with van der Waals surface area (Å²) in [4.78, 5) is 22.9. The minimum atomic E-state index is -1.03. The van der Waals surface area contributed by atoms with Crippen molar-refractivity contribution in [1.82, 2.24) is 15.1 Å². The van der Waals surface area contributed by atoms with Crippen molar-refractivity contribution in [3.8, 4) is 0 Å². The summed E-state index contributed by atoms with van der Waals surface area (Å²) in [6.45, 7) is 4.39. The third-order valence-corrected chi connectivity index (χ3v) is 3.25. The number of rotatable bonds is 6. The van der Waals surface area contributed by atoms with Gasteiger partial charge in [0.25, 0.3) is 5.91 Å². The average Bonchev–Trinajstić information content (AvgIpc) is 2.69. The predicted octanol–water partition coefficient (Wildman–Crippen LogP) is 0.757. The molecule has 0 saturated carbocycles. The van der Waals surface area contributed by atoms with E-state index in [1.807, 2.05) is 6.92 Å². The molecule has 0 unspecified atom stereocenters. The fourth-order valence-electron chi connectivity index (χ4n) is 1.57. The van der Waals surface area contributed by atoms with Crippen LogP contribution in [0.4, 0.5) is 0 Å². The summed E-state index contributed by atoms with van der Waals surface area (Å²) >= 11 is 1.37. The van der Waals surface area contributed by atoms with Crippen LogP contribution in [-0.4, -0.2) is 44.8 Å². The van der Waals surface area contributed by atoms with Gasteiger partial charge in [0.15, 0.2) is 0 Å². The molecule has 18 heavy (non-hydrogen) atoms. The smallest absolute Gasteiger partial charge is 0.327 e. The molecule has 1 amide bonds. The van der Waals surface area contributed by atoms with E-state index in [1.165, 1.54) is 18.0 Å². The van der Waals surface area contributed by atoms with Crippen LogP contribution < -0.4 is 5.32 Å². The molecule has 1 atom stereocenters. The maximum Gasteiger partial charge on any atom is 0.327 e. The van der Waals surface area contributed by atoms with Gasteiger partial charge in [0.2, 0.25) is 0 Å². The first-order chi connectivity index (χ1) is 8.51. The van der Waals surface area contributed by atoms with Crippen molar-refractivity contribution in [2.75, 3.05) is 12.0 Å². The molecule has 100 valence electrons. The van der Waals surface area contributed by atoms with Gasteiger partial charge >= 0.3 is 5.97 Å². The van der Waals surface area contributed by atoms with Gasteiger partial charge in [0, 0.05) is 18.0 Å². The molecule has 0 spiro atoms. The Bertz CT molecular complexity index is 445. The monoisotopic (exact) mass is 271 g/mol. The van der Waals surface area contributed by atoms with Gasteiger partial charge in [-0.05, 0) is 20.1 Å². The summed E-state index contributed by atoms with van der Waals surface area (Å²) in [6, 6.07) is -0.878. The van der Waals surface area contributed by atoms with E-state index in [4.69, 9.17) is 5.11 Å². The molecule has 0 fully saturated rings. The number of carbonyl (C=O) groups is 2. The second-order valence-electron chi connectivity index (χ2n) is 3.78. The fraction of sp³-hybridized carbons (Fsp3) is 0.545. The van der Waals surface area contributed by atoms with Crippen LogP contribution in [0.3, 0.4) is 0 Å². The van der Waals surface area contributed by atoms with Gasteiger partial charge in [-0.2, -0.15) is 16.9 Å². The highest BCUT2D eigenvalue weighted by molar-refractivity contribution is 7.98. The van der Waals surface area contributed by atoms with Crippen LogP contribution in [0, 0.1) is 6.92 Å². The fourth-order valence-corrected chi connectivity index (χ4v) is 2.12. The van der Waals surface area contributed by atoms with Gasteiger partial charge in [-0.15, -0.1) is 0 Å². The van der Waals surface area contributed by atoms with Gasteiger partial charge in [-0.3, -0.25) is 9.48 Å². The van der Waals surface area contributed by atoms with Crippen molar-refractivity contribution in [1.29, 1.82) is 0 Å². The van der Waals surface area contributed by atoms with Crippen LogP contribution in [0.25, 0.3) is 0 Å². The Hall–Kier alpha value is -1.50. The summed E-state index contributed by atoms with van der Waals surface area (Å²) in [5.41, 5.74) is 1.16. The van der Waals surface area contributed by atoms with E-state index in [1.54, 1.807) is 17.9 Å². The molecule has 0 radical (unpaired) electrons. The van der Waals surface area contributed by atoms with Gasteiger partial charge in [-0.1, -0.05) is 0 Å². The molecule has 1 aromatic heterocycles. The quantitative estimate of drug-likeness (QED) is 0.798. The molecule has 1 rings (SSSR count). The van der Waals surface area contributed by atoms with Crippen molar-refractivity contribution in [3.05, 3.63) is 17.5 Å². The van der Waals surface area contributed by atoms with Crippen LogP contribution >= 0.6 is 11.8 Å². The number of aryl methyl sites for hydroxylation is 1. The zero-order chi connectivity index (χ0) is 13.7. The highest BCUT2D eigenvalue weighted by atomic mass is 32.2. The van der Waals surface area contributed by atoms with Crippen LogP contribution in [-0.2, 0) is 11.3 Å². The van der Waals surface area contributed by atoms with E-state index < -0.39 is 17.9 Å². The molecule has 0 bridgehead atoms. The molecule has 0 aliphatic rings. The van der Waals surface area contributed by atoms with Crippen LogP contribution in [0.5, 0.6) is 0 Å². The maximum atomic E-state index is 11.9. The molecule has 1 heterocycles. The first kappa shape index (κ1) is 14.6. The number of aliphatic carboxylic acids is 1. The Balaban J connectivity index is 2.80. The third-order valence-electron chi connectivity index (χ3n) is 2.58. The molecule has 0 aliphatic carbocycles. The largest absolute Gasteiger partial charge is 0.480 e. The van der Waals surface area contributed by atoms with E-state index in [2.05, 4.69) is 10.4 Å². The first-order valence-corrected chi connectivity index (χ1v) is 6.95. The normalized spacial score (nSPS) is 12.2. The van der Waals surface area contributed by atoms with Crippen molar-refractivity contribution in [2.24, 2.45) is 0 Å². The Labute approximate surface area is 110 Å². The Kier molecular flexibility index (Phi) is 5.21. The van der Waals surface area contributed by atoms with E-state index in [0.29, 0.717) is 17.9 Å². The standard InChI is InChI=1S/C11H17N3O3S/c1-4-14-7(2)8(5-12-14)10(15)13-9(6-18-3)11(16)17/h5,9H,4,6H2,1-3H3,(H,13,15)(H,16,17)/t9-/m0/s1. The summed E-state index contributed by atoms with van der Waals surface area (Å²) in [7, 11) is 0. The number of thioether (sulfide) groups is 1. The number of aromatic nitrogens is 2. The average molecular weight is 271 g/mol. The maximum absolute atomic E-state index is 11.9. The van der Waals surface area contributed by atoms with Crippen LogP contribution in [0.15, 0.2) is 6.20 Å². The lowest BCUT2D eigenvalue weighted by atomic mass is 10.2. The summed E-state index contributed by atoms with van der Waals surface area (Å²) < 4.78 is 1.69. The van der Waals surface area contributed by atoms with Crippen molar-refractivity contribution in [3.63, 3.8) is 0 Å². The zero-order valence-electron chi connectivity index (χ0n) is 10.6. The number of hydrogen-bond acceptors (Lipinski definition) is 4. The Morgan fingerprint density at radius 1 is 1.61 bits per heavy atom. The molecular weight excluding hydrogens is 254 g/mol. The van der Waals surface area contributed by atoms with E-state index >= 15 is 0 Å². The van der Waals surface area contributed by atoms with E-state index in [-0.39, 0.29) is 0 Å². The third kappa shape index (κ3) is 3.25. The number of carboxylic acid groups (broad SMARTS) is 1. The molecule has 2 N–H and O–H groups in total. The number of nitrogens with zero attached hydrogens (tertiary/aromatic N) is 2. The molecule has 0 aromatic carbocycles. The SMILES string of the molecule is CCn1ncc(C(=O)N[C@@H](CSC)C(=O)O)c1C. The number of amides is 1. The number of hydrogen-bond donors (Lipinski definition) is 2. The van der Waals surface area contributed by atoms with Crippen molar-refractivity contribution >= 4 is 23.6 Å². The summed E-state index contributed by atoms with van der Waals surface area (Å²) in [5.74, 6) is -1.09. The molecule has 7 heteroatoms. The van der Waals surface area contributed by atoms with Gasteiger partial charge in [0.05, 0.1) is 11.8 Å². The Morgan fingerprint density at radius 3 is 2.72 bits per heavy atom. The lowest BCUT2D eigenvalue weighted by molar-refractivity contribution is -0.138. The lowest BCUT2D eigenvalue weighted by Crippen LogP contribution is -2.42. The number of carbonyl (C=O) groups excluding carboxylic acids is 1. The van der Waals surface area contributed by atoms with E-state index in [9.17, 15) is 9.59 Å². The van der Waals surface area contributed by atoms with Gasteiger partial charge < -0.3 is 10.4 Å². The highest BCUT2D eigenvalue weighted by Crippen LogP contribution is 2.08. The van der Waals surface area contributed by atoms with Crippen molar-refractivity contribution in [2.45, 2.75) is 26.4 Å². The highest BCUT2D eigenvalue weighted by Gasteiger charge is 2.22. The summed E-state index contributed by atoms with van der Waals surface area (Å²) in [6.07, 6.45) is 3.26. The lowest BCUT2D eigenvalue weighted by Gasteiger charge is -2.12. The molecule has 0 saturated heterocycles. The van der Waals surface area contributed by atoms with Crippen molar-refractivity contribution < 1.29 is 14.7 Å².